The Kier molecular flexibility index (Phi) is 4.32. The van der Waals surface area contributed by atoms with Crippen molar-refractivity contribution in [2.75, 3.05) is 0 Å². The molecule has 1 aromatic heterocycles. The van der Waals surface area contributed by atoms with E-state index in [4.69, 9.17) is 4.74 Å². The second-order valence-electron chi connectivity index (χ2n) is 4.26. The van der Waals surface area contributed by atoms with E-state index in [2.05, 4.69) is 20.9 Å². The highest BCUT2D eigenvalue weighted by Gasteiger charge is 2.09. The number of halogens is 1. The Bertz CT molecular complexity index is 611. The van der Waals surface area contributed by atoms with Crippen molar-refractivity contribution < 1.29 is 9.53 Å². The highest BCUT2D eigenvalue weighted by atomic mass is 79.9. The molecule has 1 aromatic carbocycles. The van der Waals surface area contributed by atoms with Crippen LogP contribution >= 0.6 is 15.9 Å². The first kappa shape index (κ1) is 13.7. The molecule has 0 aliphatic heterocycles. The van der Waals surface area contributed by atoms with Crippen LogP contribution in [0.1, 0.15) is 28.7 Å². The third-order valence-corrected chi connectivity index (χ3v) is 3.14. The Labute approximate surface area is 120 Å². The molecule has 0 aliphatic carbocycles. The first-order chi connectivity index (χ1) is 9.06. The van der Waals surface area contributed by atoms with Gasteiger partial charge in [0.25, 0.3) is 0 Å². The fourth-order valence-corrected chi connectivity index (χ4v) is 2.08. The summed E-state index contributed by atoms with van der Waals surface area (Å²) in [6.45, 7) is 3.81. The molecule has 0 unspecified atom stereocenters. The zero-order valence-corrected chi connectivity index (χ0v) is 12.4. The van der Waals surface area contributed by atoms with Gasteiger partial charge in [-0.25, -0.2) is 0 Å². The number of nitrogens with zero attached hydrogens (tertiary/aromatic N) is 1. The largest absolute Gasteiger partial charge is 0.486 e. The molecule has 0 aliphatic rings. The third kappa shape index (κ3) is 3.64. The van der Waals surface area contributed by atoms with Crippen molar-refractivity contribution in [3.63, 3.8) is 0 Å². The fraction of sp³-hybridized carbons (Fsp3) is 0.200. The molecule has 0 saturated heterocycles. The van der Waals surface area contributed by atoms with Crippen LogP contribution in [0.25, 0.3) is 0 Å². The Morgan fingerprint density at radius 3 is 2.79 bits per heavy atom. The number of carbonyl (C=O) groups excluding carboxylic acids is 1. The average Bonchev–Trinajstić information content (AvgIpc) is 2.36. The van der Waals surface area contributed by atoms with Crippen molar-refractivity contribution in [2.45, 2.75) is 20.5 Å². The predicted octanol–water partition coefficient (Wildman–Crippen LogP) is 3.93. The van der Waals surface area contributed by atoms with E-state index in [0.717, 1.165) is 15.9 Å². The molecular weight excluding hydrogens is 306 g/mol. The van der Waals surface area contributed by atoms with Crippen LogP contribution in [-0.4, -0.2) is 10.8 Å². The number of Topliss-reactive ketones (excluding diaryl/α,β-unsaturated/α-hetero) is 1. The van der Waals surface area contributed by atoms with Crippen molar-refractivity contribution in [1.82, 2.24) is 4.98 Å². The van der Waals surface area contributed by atoms with E-state index in [1.165, 1.54) is 6.92 Å². The maximum absolute atomic E-state index is 11.5. The second kappa shape index (κ2) is 5.97. The summed E-state index contributed by atoms with van der Waals surface area (Å²) >= 11 is 3.38. The first-order valence-electron chi connectivity index (χ1n) is 5.92. The molecule has 1 heterocycles. The van der Waals surface area contributed by atoms with Gasteiger partial charge in [0.2, 0.25) is 0 Å². The topological polar surface area (TPSA) is 39.2 Å². The summed E-state index contributed by atoms with van der Waals surface area (Å²) in [5, 5.41) is 0. The number of hydrogen-bond donors (Lipinski definition) is 0. The summed E-state index contributed by atoms with van der Waals surface area (Å²) in [5.74, 6) is 0.560. The van der Waals surface area contributed by atoms with Crippen LogP contribution in [0.2, 0.25) is 0 Å². The van der Waals surface area contributed by atoms with E-state index in [1.807, 2.05) is 31.2 Å². The third-order valence-electron chi connectivity index (χ3n) is 2.64. The van der Waals surface area contributed by atoms with E-state index in [1.54, 1.807) is 12.1 Å². The van der Waals surface area contributed by atoms with E-state index >= 15 is 0 Å². The molecule has 0 atom stereocenters. The van der Waals surface area contributed by atoms with Crippen molar-refractivity contribution in [3.05, 3.63) is 57.8 Å². The van der Waals surface area contributed by atoms with Gasteiger partial charge in [-0.2, -0.15) is 0 Å². The normalized spacial score (nSPS) is 10.3. The smallest absolute Gasteiger partial charge is 0.163 e. The van der Waals surface area contributed by atoms with E-state index < -0.39 is 0 Å². The molecule has 19 heavy (non-hydrogen) atoms. The van der Waals surface area contributed by atoms with Crippen LogP contribution < -0.4 is 4.74 Å². The van der Waals surface area contributed by atoms with Gasteiger partial charge in [0.15, 0.2) is 5.78 Å². The summed E-state index contributed by atoms with van der Waals surface area (Å²) in [7, 11) is 0. The second-order valence-corrected chi connectivity index (χ2v) is 5.17. The SMILES string of the molecule is CC(=O)c1ccc(Br)cc1OCc1cccc(C)n1. The Balaban J connectivity index is 2.19. The number of hydrogen-bond acceptors (Lipinski definition) is 3. The summed E-state index contributed by atoms with van der Waals surface area (Å²) in [6, 6.07) is 11.2. The lowest BCUT2D eigenvalue weighted by Crippen LogP contribution is -2.03. The maximum atomic E-state index is 11.5. The Hall–Kier alpha value is -1.68. The van der Waals surface area contributed by atoms with Crippen LogP contribution in [0.4, 0.5) is 0 Å². The zero-order valence-electron chi connectivity index (χ0n) is 10.8. The summed E-state index contributed by atoms with van der Waals surface area (Å²) in [6.07, 6.45) is 0. The molecule has 2 aromatic rings. The first-order valence-corrected chi connectivity index (χ1v) is 6.71. The number of carbonyl (C=O) groups is 1. The summed E-state index contributed by atoms with van der Waals surface area (Å²) < 4.78 is 6.59. The van der Waals surface area contributed by atoms with Crippen LogP contribution in [0.3, 0.4) is 0 Å². The molecule has 0 N–H and O–H groups in total. The molecule has 2 rings (SSSR count). The number of ketones is 1. The Morgan fingerprint density at radius 2 is 2.11 bits per heavy atom. The van der Waals surface area contributed by atoms with Crippen LogP contribution in [0, 0.1) is 6.92 Å². The molecule has 98 valence electrons. The highest BCUT2D eigenvalue weighted by Crippen LogP contribution is 2.25. The molecule has 0 saturated carbocycles. The number of aryl methyl sites for hydroxylation is 1. The summed E-state index contributed by atoms with van der Waals surface area (Å²) in [5.41, 5.74) is 2.37. The van der Waals surface area contributed by atoms with Crippen molar-refractivity contribution in [1.29, 1.82) is 0 Å². The minimum atomic E-state index is -0.0142. The van der Waals surface area contributed by atoms with Crippen molar-refractivity contribution >= 4 is 21.7 Å². The van der Waals surface area contributed by atoms with Gasteiger partial charge in [-0.05, 0) is 44.2 Å². The van der Waals surface area contributed by atoms with Gasteiger partial charge in [0.05, 0.1) is 11.3 Å². The lowest BCUT2D eigenvalue weighted by molar-refractivity contribution is 0.101. The quantitative estimate of drug-likeness (QED) is 0.801. The standard InChI is InChI=1S/C15H14BrNO2/c1-10-4-3-5-13(17-10)9-19-15-8-12(16)6-7-14(15)11(2)18/h3-8H,9H2,1-2H3. The number of rotatable bonds is 4. The zero-order chi connectivity index (χ0) is 13.8. The van der Waals surface area contributed by atoms with Gasteiger partial charge < -0.3 is 4.74 Å². The van der Waals surface area contributed by atoms with Gasteiger partial charge in [-0.3, -0.25) is 9.78 Å². The molecule has 0 bridgehead atoms. The average molecular weight is 320 g/mol. The van der Waals surface area contributed by atoms with Crippen molar-refractivity contribution in [2.24, 2.45) is 0 Å². The number of benzene rings is 1. The van der Waals surface area contributed by atoms with Gasteiger partial charge in [-0.15, -0.1) is 0 Å². The molecule has 4 heteroatoms. The lowest BCUT2D eigenvalue weighted by Gasteiger charge is -2.10. The van der Waals surface area contributed by atoms with E-state index in [-0.39, 0.29) is 5.78 Å². The highest BCUT2D eigenvalue weighted by molar-refractivity contribution is 9.10. The molecule has 3 nitrogen and oxygen atoms in total. The molecular formula is C15H14BrNO2. The van der Waals surface area contributed by atoms with E-state index in [9.17, 15) is 4.79 Å². The monoisotopic (exact) mass is 319 g/mol. The number of aromatic nitrogens is 1. The van der Waals surface area contributed by atoms with Gasteiger partial charge >= 0.3 is 0 Å². The summed E-state index contributed by atoms with van der Waals surface area (Å²) in [4.78, 5) is 15.9. The predicted molar refractivity (Wildman–Crippen MR) is 77.5 cm³/mol. The fourth-order valence-electron chi connectivity index (χ4n) is 1.74. The molecule has 0 amide bonds. The van der Waals surface area contributed by atoms with Gasteiger partial charge in [0.1, 0.15) is 12.4 Å². The minimum absolute atomic E-state index is 0.0142. The number of ether oxygens (including phenoxy) is 1. The molecule has 0 spiro atoms. The van der Waals surface area contributed by atoms with E-state index in [0.29, 0.717) is 17.9 Å². The van der Waals surface area contributed by atoms with Crippen LogP contribution in [0.5, 0.6) is 5.75 Å². The van der Waals surface area contributed by atoms with Gasteiger partial charge in [0, 0.05) is 10.2 Å². The van der Waals surface area contributed by atoms with Crippen molar-refractivity contribution in [3.8, 4) is 5.75 Å². The van der Waals surface area contributed by atoms with Crippen LogP contribution in [0.15, 0.2) is 40.9 Å². The minimum Gasteiger partial charge on any atom is -0.486 e. The lowest BCUT2D eigenvalue weighted by atomic mass is 10.1. The molecule has 0 fully saturated rings. The Morgan fingerprint density at radius 1 is 1.32 bits per heavy atom. The van der Waals surface area contributed by atoms with Crippen LogP contribution in [-0.2, 0) is 6.61 Å². The maximum Gasteiger partial charge on any atom is 0.163 e. The number of pyridine rings is 1. The molecule has 0 radical (unpaired) electrons. The van der Waals surface area contributed by atoms with Gasteiger partial charge in [-0.1, -0.05) is 22.0 Å².